The molecular formula is C15H11Cl3FN3O2. The maximum absolute atomic E-state index is 14.0. The zero-order valence-corrected chi connectivity index (χ0v) is 14.2. The third-order valence-corrected chi connectivity index (χ3v) is 3.97. The van der Waals surface area contributed by atoms with Crippen LogP contribution >= 0.6 is 34.8 Å². The van der Waals surface area contributed by atoms with Crippen LogP contribution in [0.5, 0.6) is 11.5 Å². The number of aliphatic hydroxyl groups is 1. The molecule has 9 heteroatoms. The molecule has 24 heavy (non-hydrogen) atoms. The standard InChI is InChI=1S/C15H11Cl3FN3O2/c16-15(17,18)13(23)8-6-22-14-12(8)11(3-4-21-14)24-10-2-1-7(20)5-9(10)19/h1-6,13,23H,20H2,(H,21,22). The second-order valence-corrected chi connectivity index (χ2v) is 7.38. The average Bonchev–Trinajstić information content (AvgIpc) is 2.93. The second-order valence-electron chi connectivity index (χ2n) is 5.01. The Hall–Kier alpha value is -1.73. The first kappa shape index (κ1) is 17.1. The SMILES string of the molecule is Nc1ccc(Oc2ccnc3[nH]cc(C(O)C(Cl)(Cl)Cl)c23)c(F)c1. The van der Waals surface area contributed by atoms with Gasteiger partial charge in [0.15, 0.2) is 11.6 Å². The van der Waals surface area contributed by atoms with E-state index in [0.717, 1.165) is 6.07 Å². The molecule has 0 aliphatic rings. The number of nitrogen functional groups attached to an aromatic ring is 1. The van der Waals surface area contributed by atoms with Crippen LogP contribution in [0.25, 0.3) is 11.0 Å². The van der Waals surface area contributed by atoms with Crippen molar-refractivity contribution < 1.29 is 14.2 Å². The number of aliphatic hydroxyl groups excluding tert-OH is 1. The Morgan fingerprint density at radius 3 is 2.67 bits per heavy atom. The molecule has 0 saturated carbocycles. The van der Waals surface area contributed by atoms with Crippen molar-refractivity contribution in [1.29, 1.82) is 0 Å². The van der Waals surface area contributed by atoms with Gasteiger partial charge in [-0.25, -0.2) is 9.37 Å². The van der Waals surface area contributed by atoms with Gasteiger partial charge in [0.25, 0.3) is 0 Å². The molecule has 1 aromatic carbocycles. The summed E-state index contributed by atoms with van der Waals surface area (Å²) in [5.41, 5.74) is 6.45. The van der Waals surface area contributed by atoms with Gasteiger partial charge in [-0.15, -0.1) is 0 Å². The molecule has 2 heterocycles. The van der Waals surface area contributed by atoms with Crippen molar-refractivity contribution in [3.63, 3.8) is 0 Å². The van der Waals surface area contributed by atoms with Crippen LogP contribution in [0.3, 0.4) is 0 Å². The molecule has 3 rings (SSSR count). The first-order valence-corrected chi connectivity index (χ1v) is 7.84. The average molecular weight is 391 g/mol. The normalized spacial score (nSPS) is 13.2. The summed E-state index contributed by atoms with van der Waals surface area (Å²) in [7, 11) is 0. The maximum Gasteiger partial charge on any atom is 0.220 e. The number of nitrogens with two attached hydrogens (primary N) is 1. The van der Waals surface area contributed by atoms with Crippen molar-refractivity contribution in [3.05, 3.63) is 48.0 Å². The van der Waals surface area contributed by atoms with Crippen LogP contribution in [-0.4, -0.2) is 18.9 Å². The smallest absolute Gasteiger partial charge is 0.220 e. The van der Waals surface area contributed by atoms with Gasteiger partial charge in [0, 0.05) is 29.7 Å². The number of rotatable bonds is 3. The van der Waals surface area contributed by atoms with Gasteiger partial charge in [-0.2, -0.15) is 0 Å². The number of hydrogen-bond acceptors (Lipinski definition) is 4. The highest BCUT2D eigenvalue weighted by Gasteiger charge is 2.34. The zero-order chi connectivity index (χ0) is 17.5. The van der Waals surface area contributed by atoms with Crippen molar-refractivity contribution in [2.45, 2.75) is 9.90 Å². The zero-order valence-electron chi connectivity index (χ0n) is 11.9. The molecule has 1 unspecified atom stereocenters. The molecule has 3 aromatic rings. The van der Waals surface area contributed by atoms with Gasteiger partial charge in [0.1, 0.15) is 17.5 Å². The van der Waals surface area contributed by atoms with E-state index in [1.54, 1.807) is 0 Å². The van der Waals surface area contributed by atoms with E-state index in [9.17, 15) is 9.50 Å². The van der Waals surface area contributed by atoms with Crippen LogP contribution in [0.2, 0.25) is 0 Å². The molecule has 126 valence electrons. The molecule has 0 aliphatic heterocycles. The number of aromatic nitrogens is 2. The third-order valence-electron chi connectivity index (χ3n) is 3.35. The van der Waals surface area contributed by atoms with Crippen LogP contribution in [0, 0.1) is 5.82 Å². The molecular weight excluding hydrogens is 380 g/mol. The number of alkyl halides is 3. The van der Waals surface area contributed by atoms with Gasteiger partial charge in [0.05, 0.1) is 5.39 Å². The van der Waals surface area contributed by atoms with Gasteiger partial charge in [0.2, 0.25) is 3.79 Å². The van der Waals surface area contributed by atoms with Crippen molar-refractivity contribution in [1.82, 2.24) is 9.97 Å². The summed E-state index contributed by atoms with van der Waals surface area (Å²) in [5.74, 6) is -0.417. The van der Waals surface area contributed by atoms with Crippen LogP contribution in [0.1, 0.15) is 11.7 Å². The summed E-state index contributed by atoms with van der Waals surface area (Å²) in [4.78, 5) is 6.97. The van der Waals surface area contributed by atoms with Crippen LogP contribution < -0.4 is 10.5 Å². The fourth-order valence-electron chi connectivity index (χ4n) is 2.25. The molecule has 4 N–H and O–H groups in total. The third kappa shape index (κ3) is 3.23. The first-order chi connectivity index (χ1) is 11.3. The lowest BCUT2D eigenvalue weighted by atomic mass is 10.1. The molecule has 1 atom stereocenters. The van der Waals surface area contributed by atoms with Crippen molar-refractivity contribution in [2.24, 2.45) is 0 Å². The fourth-order valence-corrected chi connectivity index (χ4v) is 2.60. The van der Waals surface area contributed by atoms with Crippen LogP contribution in [0.4, 0.5) is 10.1 Å². The van der Waals surface area contributed by atoms with Gasteiger partial charge in [-0.05, 0) is 18.2 Å². The summed E-state index contributed by atoms with van der Waals surface area (Å²) in [6.07, 6.45) is 1.49. The Labute approximate surface area is 151 Å². The highest BCUT2D eigenvalue weighted by atomic mass is 35.6. The molecule has 0 amide bonds. The number of nitrogens with zero attached hydrogens (tertiary/aromatic N) is 1. The van der Waals surface area contributed by atoms with E-state index < -0.39 is 15.7 Å². The van der Waals surface area contributed by atoms with E-state index in [1.165, 1.54) is 30.6 Å². The lowest BCUT2D eigenvalue weighted by Gasteiger charge is -2.19. The number of benzene rings is 1. The summed E-state index contributed by atoms with van der Waals surface area (Å²) in [5, 5.41) is 10.6. The second kappa shape index (κ2) is 6.29. The molecule has 5 nitrogen and oxygen atoms in total. The van der Waals surface area contributed by atoms with Crippen molar-refractivity contribution >= 4 is 51.5 Å². The summed E-state index contributed by atoms with van der Waals surface area (Å²) in [6.45, 7) is 0. The molecule has 0 aliphatic carbocycles. The lowest BCUT2D eigenvalue weighted by molar-refractivity contribution is 0.184. The van der Waals surface area contributed by atoms with Crippen LogP contribution in [0.15, 0.2) is 36.7 Å². The van der Waals surface area contributed by atoms with E-state index in [4.69, 9.17) is 45.3 Å². The predicted molar refractivity (Wildman–Crippen MR) is 92.2 cm³/mol. The number of halogens is 4. The van der Waals surface area contributed by atoms with Gasteiger partial charge >= 0.3 is 0 Å². The maximum atomic E-state index is 14.0. The number of nitrogens with one attached hydrogen (secondary N) is 1. The van der Waals surface area contributed by atoms with E-state index in [2.05, 4.69) is 9.97 Å². The Bertz CT molecular complexity index is 895. The van der Waals surface area contributed by atoms with Gasteiger partial charge in [-0.1, -0.05) is 34.8 Å². The molecule has 0 bridgehead atoms. The summed E-state index contributed by atoms with van der Waals surface area (Å²) < 4.78 is 17.6. The quantitative estimate of drug-likeness (QED) is 0.455. The minimum Gasteiger partial charge on any atom is -0.453 e. The molecule has 0 saturated heterocycles. The number of H-pyrrole nitrogens is 1. The van der Waals surface area contributed by atoms with Crippen LogP contribution in [-0.2, 0) is 0 Å². The van der Waals surface area contributed by atoms with E-state index in [1.807, 2.05) is 0 Å². The number of ether oxygens (including phenoxy) is 1. The Morgan fingerprint density at radius 2 is 2.00 bits per heavy atom. The lowest BCUT2D eigenvalue weighted by Crippen LogP contribution is -2.16. The minimum atomic E-state index is -1.95. The monoisotopic (exact) mass is 389 g/mol. The molecule has 0 fully saturated rings. The predicted octanol–water partition coefficient (Wildman–Crippen LogP) is 4.48. The van der Waals surface area contributed by atoms with Crippen molar-refractivity contribution in [2.75, 3.05) is 5.73 Å². The van der Waals surface area contributed by atoms with Gasteiger partial charge < -0.3 is 20.6 Å². The number of fused-ring (bicyclic) bond motifs is 1. The van der Waals surface area contributed by atoms with E-state index in [0.29, 0.717) is 11.0 Å². The topological polar surface area (TPSA) is 84.2 Å². The number of anilines is 1. The highest BCUT2D eigenvalue weighted by Crippen LogP contribution is 2.44. The van der Waals surface area contributed by atoms with E-state index >= 15 is 0 Å². The molecule has 0 spiro atoms. The number of hydrogen-bond donors (Lipinski definition) is 3. The summed E-state index contributed by atoms with van der Waals surface area (Å²) in [6, 6.07) is 5.56. The largest absolute Gasteiger partial charge is 0.453 e. The number of aromatic amines is 1. The number of pyridine rings is 1. The first-order valence-electron chi connectivity index (χ1n) is 6.71. The highest BCUT2D eigenvalue weighted by molar-refractivity contribution is 6.68. The summed E-state index contributed by atoms with van der Waals surface area (Å²) >= 11 is 17.3. The Balaban J connectivity index is 2.10. The Morgan fingerprint density at radius 1 is 1.25 bits per heavy atom. The molecule has 0 radical (unpaired) electrons. The van der Waals surface area contributed by atoms with Crippen molar-refractivity contribution in [3.8, 4) is 11.5 Å². The van der Waals surface area contributed by atoms with E-state index in [-0.39, 0.29) is 22.7 Å². The molecule has 2 aromatic heterocycles. The minimum absolute atomic E-state index is 0.0350. The van der Waals surface area contributed by atoms with Gasteiger partial charge in [-0.3, -0.25) is 0 Å². The Kier molecular flexibility index (Phi) is 4.48. The fraction of sp³-hybridized carbons (Fsp3) is 0.133.